The van der Waals surface area contributed by atoms with E-state index in [1.54, 1.807) is 12.4 Å². The first kappa shape index (κ1) is 17.4. The molecule has 3 rings (SSSR count). The summed E-state index contributed by atoms with van der Waals surface area (Å²) in [4.78, 5) is 18.7. The van der Waals surface area contributed by atoms with Crippen molar-refractivity contribution in [3.63, 3.8) is 0 Å². The highest BCUT2D eigenvalue weighted by atomic mass is 16.6. The van der Waals surface area contributed by atoms with Crippen LogP contribution in [0.5, 0.6) is 0 Å². The quantitative estimate of drug-likeness (QED) is 0.781. The maximum atomic E-state index is 5.40. The largest absolute Gasteiger partial charge is 0.338 e. The van der Waals surface area contributed by atoms with Crippen LogP contribution in [0.2, 0.25) is 0 Å². The minimum atomic E-state index is 0.625. The molecule has 0 saturated carbocycles. The summed E-state index contributed by atoms with van der Waals surface area (Å²) in [6.45, 7) is 7.35. The molecule has 0 aliphatic carbocycles. The van der Waals surface area contributed by atoms with Gasteiger partial charge in [0.2, 0.25) is 5.95 Å². The molecule has 0 atom stereocenters. The third-order valence-corrected chi connectivity index (χ3v) is 4.17. The molecule has 1 aromatic carbocycles. The van der Waals surface area contributed by atoms with Crippen LogP contribution in [0.25, 0.3) is 5.70 Å². The Morgan fingerprint density at radius 2 is 1.80 bits per heavy atom. The SMILES string of the molecule is CCONC(=CCN1CCN(c2ncccn2)CC1)c1ccccc1. The zero-order chi connectivity index (χ0) is 17.3. The van der Waals surface area contributed by atoms with Crippen molar-refractivity contribution in [1.82, 2.24) is 20.3 Å². The minimum Gasteiger partial charge on any atom is -0.338 e. The third-order valence-electron chi connectivity index (χ3n) is 4.17. The van der Waals surface area contributed by atoms with Crippen LogP contribution in [-0.4, -0.2) is 54.2 Å². The van der Waals surface area contributed by atoms with Gasteiger partial charge in [-0.2, -0.15) is 0 Å². The number of nitrogens with zero attached hydrogens (tertiary/aromatic N) is 4. The standard InChI is InChI=1S/C19H25N5O/c1-2-25-22-18(17-7-4-3-5-8-17)9-12-23-13-15-24(16-14-23)19-20-10-6-11-21-19/h3-11,22H,2,12-16H2,1H3. The predicted molar refractivity (Wildman–Crippen MR) is 99.9 cm³/mol. The molecule has 0 radical (unpaired) electrons. The van der Waals surface area contributed by atoms with Gasteiger partial charge in [0.05, 0.1) is 12.3 Å². The molecule has 0 unspecified atom stereocenters. The monoisotopic (exact) mass is 339 g/mol. The number of hydrogen-bond donors (Lipinski definition) is 1. The van der Waals surface area contributed by atoms with Gasteiger partial charge in [-0.3, -0.25) is 15.2 Å². The van der Waals surface area contributed by atoms with Crippen molar-refractivity contribution < 1.29 is 4.84 Å². The number of anilines is 1. The first-order valence-corrected chi connectivity index (χ1v) is 8.74. The molecule has 1 fully saturated rings. The molecule has 25 heavy (non-hydrogen) atoms. The Morgan fingerprint density at radius 1 is 1.08 bits per heavy atom. The lowest BCUT2D eigenvalue weighted by atomic mass is 10.1. The number of benzene rings is 1. The molecular formula is C19H25N5O. The van der Waals surface area contributed by atoms with Crippen molar-refractivity contribution in [2.45, 2.75) is 6.92 Å². The number of piperazine rings is 1. The van der Waals surface area contributed by atoms with Crippen LogP contribution >= 0.6 is 0 Å². The first-order chi connectivity index (χ1) is 12.4. The van der Waals surface area contributed by atoms with Gasteiger partial charge in [0.15, 0.2) is 0 Å². The zero-order valence-corrected chi connectivity index (χ0v) is 14.6. The lowest BCUT2D eigenvalue weighted by Gasteiger charge is -2.34. The fourth-order valence-corrected chi connectivity index (χ4v) is 2.79. The molecule has 2 heterocycles. The van der Waals surface area contributed by atoms with E-state index in [9.17, 15) is 0 Å². The zero-order valence-electron chi connectivity index (χ0n) is 14.6. The van der Waals surface area contributed by atoms with Crippen LogP contribution in [0.1, 0.15) is 12.5 Å². The van der Waals surface area contributed by atoms with E-state index in [1.807, 2.05) is 31.2 Å². The smallest absolute Gasteiger partial charge is 0.225 e. The summed E-state index contributed by atoms with van der Waals surface area (Å²) in [5.74, 6) is 0.820. The second-order valence-corrected chi connectivity index (χ2v) is 5.86. The molecule has 1 N–H and O–H groups in total. The Balaban J connectivity index is 1.57. The highest BCUT2D eigenvalue weighted by Gasteiger charge is 2.18. The van der Waals surface area contributed by atoms with Crippen molar-refractivity contribution >= 4 is 11.6 Å². The van der Waals surface area contributed by atoms with Crippen LogP contribution < -0.4 is 10.4 Å². The van der Waals surface area contributed by atoms with Gasteiger partial charge < -0.3 is 4.90 Å². The summed E-state index contributed by atoms with van der Waals surface area (Å²) in [5.41, 5.74) is 5.21. The Hall–Kier alpha value is -2.44. The van der Waals surface area contributed by atoms with Gasteiger partial charge in [-0.25, -0.2) is 9.97 Å². The summed E-state index contributed by atoms with van der Waals surface area (Å²) in [6, 6.07) is 12.1. The number of nitrogens with one attached hydrogen (secondary N) is 1. The van der Waals surface area contributed by atoms with E-state index in [2.05, 4.69) is 43.5 Å². The van der Waals surface area contributed by atoms with Gasteiger partial charge in [-0.05, 0) is 24.6 Å². The number of aromatic nitrogens is 2. The molecule has 6 heteroatoms. The Kier molecular flexibility index (Phi) is 6.36. The van der Waals surface area contributed by atoms with Gasteiger partial charge in [0, 0.05) is 45.1 Å². The van der Waals surface area contributed by atoms with Crippen LogP contribution in [0.3, 0.4) is 0 Å². The summed E-state index contributed by atoms with van der Waals surface area (Å²) in [6.07, 6.45) is 5.78. The molecular weight excluding hydrogens is 314 g/mol. The van der Waals surface area contributed by atoms with E-state index in [4.69, 9.17) is 4.84 Å². The van der Waals surface area contributed by atoms with E-state index in [1.165, 1.54) is 0 Å². The minimum absolute atomic E-state index is 0.625. The molecule has 0 spiro atoms. The average Bonchev–Trinajstić information content (AvgIpc) is 2.70. The van der Waals surface area contributed by atoms with Gasteiger partial charge in [-0.1, -0.05) is 30.3 Å². The summed E-state index contributed by atoms with van der Waals surface area (Å²) in [7, 11) is 0. The molecule has 6 nitrogen and oxygen atoms in total. The van der Waals surface area contributed by atoms with Crippen LogP contribution in [0, 0.1) is 0 Å². The summed E-state index contributed by atoms with van der Waals surface area (Å²) in [5, 5.41) is 0. The second kappa shape index (κ2) is 9.15. The Bertz CT molecular complexity index is 654. The Labute approximate surface area is 149 Å². The number of rotatable bonds is 7. The van der Waals surface area contributed by atoms with Crippen molar-refractivity contribution in [3.05, 3.63) is 60.4 Å². The molecule has 0 bridgehead atoms. The fourth-order valence-electron chi connectivity index (χ4n) is 2.79. The summed E-state index contributed by atoms with van der Waals surface area (Å²) < 4.78 is 0. The maximum absolute atomic E-state index is 5.40. The van der Waals surface area contributed by atoms with E-state index in [0.717, 1.165) is 49.9 Å². The van der Waals surface area contributed by atoms with Crippen LogP contribution in [0.4, 0.5) is 5.95 Å². The molecule has 2 aromatic rings. The maximum Gasteiger partial charge on any atom is 0.225 e. The molecule has 1 aliphatic rings. The van der Waals surface area contributed by atoms with Crippen molar-refractivity contribution in [2.75, 3.05) is 44.2 Å². The molecule has 1 aromatic heterocycles. The van der Waals surface area contributed by atoms with Gasteiger partial charge in [0.1, 0.15) is 0 Å². The van der Waals surface area contributed by atoms with Crippen molar-refractivity contribution in [3.8, 4) is 0 Å². The van der Waals surface area contributed by atoms with E-state index in [0.29, 0.717) is 6.61 Å². The van der Waals surface area contributed by atoms with Crippen molar-refractivity contribution in [2.24, 2.45) is 0 Å². The van der Waals surface area contributed by atoms with Gasteiger partial charge in [-0.15, -0.1) is 0 Å². The van der Waals surface area contributed by atoms with E-state index >= 15 is 0 Å². The Morgan fingerprint density at radius 3 is 2.48 bits per heavy atom. The first-order valence-electron chi connectivity index (χ1n) is 8.74. The van der Waals surface area contributed by atoms with E-state index < -0.39 is 0 Å². The van der Waals surface area contributed by atoms with Gasteiger partial charge in [0.25, 0.3) is 0 Å². The second-order valence-electron chi connectivity index (χ2n) is 5.86. The molecule has 1 aliphatic heterocycles. The highest BCUT2D eigenvalue weighted by molar-refractivity contribution is 5.63. The fraction of sp³-hybridized carbons (Fsp3) is 0.368. The average molecular weight is 339 g/mol. The number of hydrogen-bond acceptors (Lipinski definition) is 6. The van der Waals surface area contributed by atoms with Crippen LogP contribution in [0.15, 0.2) is 54.9 Å². The predicted octanol–water partition coefficient (Wildman–Crippen LogP) is 2.18. The van der Waals surface area contributed by atoms with Crippen LogP contribution in [-0.2, 0) is 4.84 Å². The molecule has 132 valence electrons. The van der Waals surface area contributed by atoms with E-state index in [-0.39, 0.29) is 0 Å². The normalized spacial score (nSPS) is 16.0. The topological polar surface area (TPSA) is 53.5 Å². The number of hydroxylamine groups is 1. The lowest BCUT2D eigenvalue weighted by Crippen LogP contribution is -2.47. The summed E-state index contributed by atoms with van der Waals surface area (Å²) >= 11 is 0. The van der Waals surface area contributed by atoms with Crippen molar-refractivity contribution in [1.29, 1.82) is 0 Å². The third kappa shape index (κ3) is 5.01. The van der Waals surface area contributed by atoms with Gasteiger partial charge >= 0.3 is 0 Å². The lowest BCUT2D eigenvalue weighted by molar-refractivity contribution is 0.0896. The molecule has 0 amide bonds. The molecule has 1 saturated heterocycles. The highest BCUT2D eigenvalue weighted by Crippen LogP contribution is 2.13.